The van der Waals surface area contributed by atoms with E-state index in [9.17, 15) is 0 Å². The summed E-state index contributed by atoms with van der Waals surface area (Å²) in [6.45, 7) is 11.5. The average molecular weight is 448 g/mol. The summed E-state index contributed by atoms with van der Waals surface area (Å²) < 4.78 is 1.66. The Balaban J connectivity index is 3.28. The molecule has 0 aromatic rings. The maximum atomic E-state index is 2.57. The molecule has 0 aromatic heterocycles. The van der Waals surface area contributed by atoms with Crippen LogP contribution in [0.1, 0.15) is 34.6 Å². The van der Waals surface area contributed by atoms with Gasteiger partial charge in [0.1, 0.15) is 0 Å². The van der Waals surface area contributed by atoms with E-state index in [0.717, 1.165) is 0 Å². The quantitative estimate of drug-likeness (QED) is 0.499. The predicted octanol–water partition coefficient (Wildman–Crippen LogP) is 4.95. The van der Waals surface area contributed by atoms with Crippen LogP contribution in [0.5, 0.6) is 0 Å². The van der Waals surface area contributed by atoms with Crippen molar-refractivity contribution in [3.8, 4) is 0 Å². The molecule has 0 aromatic carbocycles. The van der Waals surface area contributed by atoms with Crippen LogP contribution in [0.25, 0.3) is 0 Å². The molecule has 0 nitrogen and oxygen atoms in total. The molecule has 0 N–H and O–H groups in total. The Morgan fingerprint density at radius 1 is 1.00 bits per heavy atom. The molecule has 0 spiro atoms. The second-order valence-corrected chi connectivity index (χ2v) is 16.6. The molecule has 13 heavy (non-hydrogen) atoms. The Morgan fingerprint density at radius 3 is 1.62 bits per heavy atom. The van der Waals surface area contributed by atoms with E-state index in [1.807, 2.05) is 0 Å². The first-order valence-electron chi connectivity index (χ1n) is 4.17. The third-order valence-corrected chi connectivity index (χ3v) is 7.42. The zero-order chi connectivity index (χ0) is 10.4. The van der Waals surface area contributed by atoms with E-state index in [4.69, 9.17) is 0 Å². The van der Waals surface area contributed by atoms with Crippen LogP contribution in [0, 0.1) is 5.41 Å². The molecule has 3 heteroatoms. The second-order valence-electron chi connectivity index (χ2n) is 3.97. The van der Waals surface area contributed by atoms with Crippen LogP contribution in [0.4, 0.5) is 0 Å². The van der Waals surface area contributed by atoms with Crippen molar-refractivity contribution in [3.05, 3.63) is 21.2 Å². The molecule has 0 fully saturated rings. The SMILES string of the molecule is CC1=C(C)C(C)(C)[C]([Co]([I])[I])=C1C. The first kappa shape index (κ1) is 12.5. The van der Waals surface area contributed by atoms with Crippen LogP contribution in [0.3, 0.4) is 0 Å². The first-order chi connectivity index (χ1) is 5.80. The average Bonchev–Trinajstić information content (AvgIpc) is 2.12. The van der Waals surface area contributed by atoms with Gasteiger partial charge in [-0.05, 0) is 0 Å². The van der Waals surface area contributed by atoms with Gasteiger partial charge in [-0.25, -0.2) is 0 Å². The minimum atomic E-state index is 0.0177. The molecule has 0 radical (unpaired) electrons. The number of rotatable bonds is 1. The molecule has 0 saturated carbocycles. The topological polar surface area (TPSA) is 0 Å². The van der Waals surface area contributed by atoms with Crippen LogP contribution in [0.2, 0.25) is 0 Å². The summed E-state index contributed by atoms with van der Waals surface area (Å²) in [5.74, 6) is 0. The summed E-state index contributed by atoms with van der Waals surface area (Å²) in [5.41, 5.74) is 4.91. The van der Waals surface area contributed by atoms with Gasteiger partial charge in [-0.15, -0.1) is 0 Å². The van der Waals surface area contributed by atoms with Gasteiger partial charge in [0.25, 0.3) is 0 Å². The maximum absolute atomic E-state index is 2.57. The minimum absolute atomic E-state index is 0.0177. The van der Waals surface area contributed by atoms with Crippen molar-refractivity contribution in [1.82, 2.24) is 0 Å². The van der Waals surface area contributed by atoms with E-state index >= 15 is 0 Å². The molecule has 0 heterocycles. The molecule has 0 bridgehead atoms. The van der Waals surface area contributed by atoms with Gasteiger partial charge in [0.05, 0.1) is 0 Å². The molecule has 0 unspecified atom stereocenters. The Morgan fingerprint density at radius 2 is 1.46 bits per heavy atom. The fraction of sp³-hybridized carbons (Fsp3) is 0.600. The second kappa shape index (κ2) is 4.13. The van der Waals surface area contributed by atoms with E-state index < -0.39 is 0 Å². The van der Waals surface area contributed by atoms with Gasteiger partial charge >= 0.3 is 109 Å². The van der Waals surface area contributed by atoms with Crippen molar-refractivity contribution in [2.75, 3.05) is 0 Å². The van der Waals surface area contributed by atoms with Gasteiger partial charge in [-0.2, -0.15) is 0 Å². The van der Waals surface area contributed by atoms with E-state index in [2.05, 4.69) is 75.4 Å². The Kier molecular flexibility index (Phi) is 3.98. The van der Waals surface area contributed by atoms with Crippen molar-refractivity contribution in [2.24, 2.45) is 5.41 Å². The summed E-state index contributed by atoms with van der Waals surface area (Å²) in [7, 11) is 0.0177. The van der Waals surface area contributed by atoms with Crippen LogP contribution in [0.15, 0.2) is 21.2 Å². The third-order valence-electron chi connectivity index (χ3n) is 3.02. The zero-order valence-electron chi connectivity index (χ0n) is 8.59. The van der Waals surface area contributed by atoms with Crippen LogP contribution in [-0.2, 0) is 7.22 Å². The monoisotopic (exact) mass is 448 g/mol. The van der Waals surface area contributed by atoms with E-state index in [1.165, 1.54) is 11.1 Å². The summed E-state index contributed by atoms with van der Waals surface area (Å²) in [5, 5.41) is 0. The van der Waals surface area contributed by atoms with Gasteiger partial charge in [0.15, 0.2) is 0 Å². The normalized spacial score (nSPS) is 22.8. The van der Waals surface area contributed by atoms with Crippen molar-refractivity contribution < 1.29 is 7.22 Å². The van der Waals surface area contributed by atoms with Gasteiger partial charge in [0, 0.05) is 0 Å². The summed E-state index contributed by atoms with van der Waals surface area (Å²) in [6, 6.07) is 0. The Hall–Kier alpha value is 1.45. The molecule has 0 amide bonds. The van der Waals surface area contributed by atoms with Crippen LogP contribution in [-0.4, -0.2) is 0 Å². The number of hydrogen-bond donors (Lipinski definition) is 0. The fourth-order valence-corrected chi connectivity index (χ4v) is 8.89. The molecular weight excluding hydrogens is 433 g/mol. The summed E-state index contributed by atoms with van der Waals surface area (Å²) in [4.78, 5) is 0. The number of halogens is 2. The molecular formula is C10H15CoI2. The summed E-state index contributed by atoms with van der Waals surface area (Å²) >= 11 is 5.14. The van der Waals surface area contributed by atoms with Gasteiger partial charge < -0.3 is 0 Å². The summed E-state index contributed by atoms with van der Waals surface area (Å²) in [6.07, 6.45) is 0. The molecule has 78 valence electrons. The van der Waals surface area contributed by atoms with E-state index in [0.29, 0.717) is 5.41 Å². The molecule has 1 aliphatic carbocycles. The molecule has 0 aliphatic heterocycles. The molecule has 0 saturated heterocycles. The Labute approximate surface area is 108 Å². The molecule has 0 atom stereocenters. The number of allylic oxidation sites excluding steroid dienone is 4. The van der Waals surface area contributed by atoms with Crippen molar-refractivity contribution >= 4 is 40.8 Å². The van der Waals surface area contributed by atoms with E-state index in [-0.39, 0.29) is 7.22 Å². The first-order valence-corrected chi connectivity index (χ1v) is 11.4. The van der Waals surface area contributed by atoms with Gasteiger partial charge in [-0.3, -0.25) is 0 Å². The predicted molar refractivity (Wildman–Crippen MR) is 72.9 cm³/mol. The molecule has 1 rings (SSSR count). The molecule has 1 aliphatic rings. The van der Waals surface area contributed by atoms with Crippen LogP contribution < -0.4 is 0 Å². The zero-order valence-corrected chi connectivity index (χ0v) is 13.9. The number of hydrogen-bond acceptors (Lipinski definition) is 0. The van der Waals surface area contributed by atoms with Crippen molar-refractivity contribution in [3.63, 3.8) is 0 Å². The fourth-order valence-electron chi connectivity index (χ4n) is 1.78. The van der Waals surface area contributed by atoms with Crippen molar-refractivity contribution in [2.45, 2.75) is 34.6 Å². The van der Waals surface area contributed by atoms with E-state index in [1.54, 1.807) is 10.1 Å². The van der Waals surface area contributed by atoms with Gasteiger partial charge in [-0.1, -0.05) is 0 Å². The Bertz CT molecular complexity index is 298. The van der Waals surface area contributed by atoms with Crippen molar-refractivity contribution in [1.29, 1.82) is 0 Å². The third kappa shape index (κ3) is 2.03. The standard InChI is InChI=1S/C10H15.Co.2HI/c1-7-6-10(4,5)9(3)8(7)2;;;/h1-5H3;;2*1H/q;+2;;/p-2. The van der Waals surface area contributed by atoms with Crippen LogP contribution >= 0.6 is 40.8 Å². The van der Waals surface area contributed by atoms with Gasteiger partial charge in [0.2, 0.25) is 0 Å².